The van der Waals surface area contributed by atoms with E-state index in [2.05, 4.69) is 5.32 Å². The smallest absolute Gasteiger partial charge is 0.243 e. The highest BCUT2D eigenvalue weighted by Gasteiger charge is 2.21. The van der Waals surface area contributed by atoms with Gasteiger partial charge in [-0.3, -0.25) is 14.9 Å². The van der Waals surface area contributed by atoms with Crippen molar-refractivity contribution in [1.82, 2.24) is 5.32 Å². The molecule has 5 N–H and O–H groups in total. The molecule has 1 rings (SSSR count). The van der Waals surface area contributed by atoms with Gasteiger partial charge in [-0.2, -0.15) is 0 Å². The Hall–Kier alpha value is -1.72. The molecule has 0 saturated heterocycles. The summed E-state index contributed by atoms with van der Waals surface area (Å²) < 4.78 is 0. The lowest BCUT2D eigenvalue weighted by Gasteiger charge is -2.16. The first-order valence-electron chi connectivity index (χ1n) is 6.80. The van der Waals surface area contributed by atoms with Gasteiger partial charge in [-0.05, 0) is 24.3 Å². The van der Waals surface area contributed by atoms with Gasteiger partial charge >= 0.3 is 0 Å². The predicted molar refractivity (Wildman–Crippen MR) is 78.7 cm³/mol. The number of imide groups is 1. The molecule has 0 radical (unpaired) electrons. The first-order valence-corrected chi connectivity index (χ1v) is 6.80. The summed E-state index contributed by atoms with van der Waals surface area (Å²) in [6.45, 7) is 3.94. The lowest BCUT2D eigenvalue weighted by molar-refractivity contribution is -0.132. The Morgan fingerprint density at radius 3 is 2.15 bits per heavy atom. The SMILES string of the molecule is CC(C)C[C@H](N)C(=O)NC(=O)[C@@H](N)Cc1ccccc1. The number of nitrogens with one attached hydrogen (secondary N) is 1. The molecule has 2 atom stereocenters. The van der Waals surface area contributed by atoms with Crippen molar-refractivity contribution >= 4 is 11.8 Å². The molecule has 0 aliphatic rings. The lowest BCUT2D eigenvalue weighted by Crippen LogP contribution is -2.50. The normalized spacial score (nSPS) is 13.8. The summed E-state index contributed by atoms with van der Waals surface area (Å²) in [5, 5.41) is 2.28. The van der Waals surface area contributed by atoms with Crippen LogP contribution in [0.1, 0.15) is 25.8 Å². The second-order valence-electron chi connectivity index (χ2n) is 5.39. The zero-order valence-electron chi connectivity index (χ0n) is 12.0. The minimum absolute atomic E-state index is 0.295. The molecule has 5 nitrogen and oxygen atoms in total. The molecule has 0 fully saturated rings. The van der Waals surface area contributed by atoms with Crippen molar-refractivity contribution in [2.45, 2.75) is 38.8 Å². The van der Waals surface area contributed by atoms with Gasteiger partial charge in [-0.1, -0.05) is 44.2 Å². The molecular formula is C15H23N3O2. The van der Waals surface area contributed by atoms with E-state index < -0.39 is 23.9 Å². The molecule has 0 spiro atoms. The Morgan fingerprint density at radius 2 is 1.60 bits per heavy atom. The highest BCUT2D eigenvalue weighted by molar-refractivity contribution is 5.99. The molecule has 0 aliphatic carbocycles. The van der Waals surface area contributed by atoms with Crippen molar-refractivity contribution in [2.75, 3.05) is 0 Å². The lowest BCUT2D eigenvalue weighted by atomic mass is 10.0. The third-order valence-corrected chi connectivity index (χ3v) is 2.94. The van der Waals surface area contributed by atoms with Crippen LogP contribution in [-0.4, -0.2) is 23.9 Å². The number of carbonyl (C=O) groups is 2. The van der Waals surface area contributed by atoms with Crippen molar-refractivity contribution in [3.63, 3.8) is 0 Å². The van der Waals surface area contributed by atoms with Crippen LogP contribution in [0.15, 0.2) is 30.3 Å². The molecule has 0 unspecified atom stereocenters. The van der Waals surface area contributed by atoms with Crippen molar-refractivity contribution in [1.29, 1.82) is 0 Å². The van der Waals surface area contributed by atoms with Crippen molar-refractivity contribution in [2.24, 2.45) is 17.4 Å². The third kappa shape index (κ3) is 5.50. The summed E-state index contributed by atoms with van der Waals surface area (Å²) in [5.74, 6) is -0.658. The predicted octanol–water partition coefficient (Wildman–Crippen LogP) is 0.573. The van der Waals surface area contributed by atoms with E-state index in [0.717, 1.165) is 5.56 Å². The maximum absolute atomic E-state index is 11.8. The van der Waals surface area contributed by atoms with E-state index >= 15 is 0 Å². The van der Waals surface area contributed by atoms with Gasteiger partial charge in [-0.25, -0.2) is 0 Å². The largest absolute Gasteiger partial charge is 0.320 e. The summed E-state index contributed by atoms with van der Waals surface area (Å²) in [4.78, 5) is 23.6. The molecule has 0 bridgehead atoms. The van der Waals surface area contributed by atoms with Gasteiger partial charge in [0.25, 0.3) is 0 Å². The third-order valence-electron chi connectivity index (χ3n) is 2.94. The van der Waals surface area contributed by atoms with E-state index in [9.17, 15) is 9.59 Å². The quantitative estimate of drug-likeness (QED) is 0.708. The number of amides is 2. The summed E-state index contributed by atoms with van der Waals surface area (Å²) in [6, 6.07) is 7.99. The molecule has 0 aromatic heterocycles. The zero-order valence-corrected chi connectivity index (χ0v) is 12.0. The summed E-state index contributed by atoms with van der Waals surface area (Å²) >= 11 is 0. The highest BCUT2D eigenvalue weighted by Crippen LogP contribution is 2.04. The van der Waals surface area contributed by atoms with E-state index in [1.54, 1.807) is 0 Å². The van der Waals surface area contributed by atoms with E-state index in [0.29, 0.717) is 18.8 Å². The molecule has 0 heterocycles. The Balaban J connectivity index is 2.47. The fourth-order valence-electron chi connectivity index (χ4n) is 1.88. The Labute approximate surface area is 119 Å². The van der Waals surface area contributed by atoms with Crippen LogP contribution < -0.4 is 16.8 Å². The van der Waals surface area contributed by atoms with Gasteiger partial charge in [0.1, 0.15) is 0 Å². The summed E-state index contributed by atoms with van der Waals surface area (Å²) in [5.41, 5.74) is 12.5. The number of rotatable bonds is 6. The second-order valence-corrected chi connectivity index (χ2v) is 5.39. The van der Waals surface area contributed by atoms with Crippen molar-refractivity contribution in [3.8, 4) is 0 Å². The van der Waals surface area contributed by atoms with Gasteiger partial charge in [0.15, 0.2) is 0 Å². The van der Waals surface area contributed by atoms with Gasteiger partial charge in [0.05, 0.1) is 12.1 Å². The molecule has 110 valence electrons. The van der Waals surface area contributed by atoms with Gasteiger partial charge in [-0.15, -0.1) is 0 Å². The van der Waals surface area contributed by atoms with Crippen LogP contribution in [0.2, 0.25) is 0 Å². The van der Waals surface area contributed by atoms with Crippen LogP contribution in [-0.2, 0) is 16.0 Å². The molecular weight excluding hydrogens is 254 g/mol. The number of benzene rings is 1. The topological polar surface area (TPSA) is 98.2 Å². The van der Waals surface area contributed by atoms with Crippen LogP contribution >= 0.6 is 0 Å². The second kappa shape index (κ2) is 7.77. The van der Waals surface area contributed by atoms with Crippen LogP contribution in [0, 0.1) is 5.92 Å². The van der Waals surface area contributed by atoms with E-state index in [1.165, 1.54) is 0 Å². The summed E-state index contributed by atoms with van der Waals surface area (Å²) in [6.07, 6.45) is 0.923. The average molecular weight is 277 g/mol. The van der Waals surface area contributed by atoms with E-state index in [-0.39, 0.29) is 0 Å². The molecule has 0 saturated carbocycles. The number of hydrogen-bond donors (Lipinski definition) is 3. The Bertz CT molecular complexity index is 446. The minimum Gasteiger partial charge on any atom is -0.320 e. The molecule has 1 aromatic rings. The van der Waals surface area contributed by atoms with Crippen LogP contribution in [0.5, 0.6) is 0 Å². The number of carbonyl (C=O) groups excluding carboxylic acids is 2. The average Bonchev–Trinajstić information content (AvgIpc) is 2.38. The molecule has 2 amide bonds. The summed E-state index contributed by atoms with van der Waals surface area (Å²) in [7, 11) is 0. The zero-order chi connectivity index (χ0) is 15.1. The van der Waals surface area contributed by atoms with Crippen LogP contribution in [0.4, 0.5) is 0 Å². The maximum atomic E-state index is 11.8. The fourth-order valence-corrected chi connectivity index (χ4v) is 1.88. The van der Waals surface area contributed by atoms with Gasteiger partial charge in [0.2, 0.25) is 11.8 Å². The van der Waals surface area contributed by atoms with Crippen LogP contribution in [0.3, 0.4) is 0 Å². The standard InChI is InChI=1S/C15H23N3O2/c1-10(2)8-12(16)14(19)18-15(20)13(17)9-11-6-4-3-5-7-11/h3-7,10,12-13H,8-9,16-17H2,1-2H3,(H,18,19,20)/t12-,13-/m0/s1. The minimum atomic E-state index is -0.757. The van der Waals surface area contributed by atoms with Gasteiger partial charge < -0.3 is 11.5 Å². The van der Waals surface area contributed by atoms with E-state index in [1.807, 2.05) is 44.2 Å². The number of nitrogens with two attached hydrogens (primary N) is 2. The van der Waals surface area contributed by atoms with Crippen LogP contribution in [0.25, 0.3) is 0 Å². The van der Waals surface area contributed by atoms with E-state index in [4.69, 9.17) is 11.5 Å². The van der Waals surface area contributed by atoms with Crippen molar-refractivity contribution < 1.29 is 9.59 Å². The highest BCUT2D eigenvalue weighted by atomic mass is 16.2. The molecule has 0 aliphatic heterocycles. The van der Waals surface area contributed by atoms with Gasteiger partial charge in [0, 0.05) is 0 Å². The molecule has 5 heteroatoms. The first-order chi connectivity index (χ1) is 9.40. The molecule has 1 aromatic carbocycles. The Morgan fingerprint density at radius 1 is 1.05 bits per heavy atom. The van der Waals surface area contributed by atoms with Crippen molar-refractivity contribution in [3.05, 3.63) is 35.9 Å². The molecule has 20 heavy (non-hydrogen) atoms. The number of hydrogen-bond acceptors (Lipinski definition) is 4. The fraction of sp³-hybridized carbons (Fsp3) is 0.467. The monoisotopic (exact) mass is 277 g/mol. The maximum Gasteiger partial charge on any atom is 0.243 e. The Kier molecular flexibility index (Phi) is 6.35. The first kappa shape index (κ1) is 16.3.